The Morgan fingerprint density at radius 2 is 2.50 bits per heavy atom. The second kappa shape index (κ2) is 3.39. The average Bonchev–Trinajstić information content (AvgIpc) is 2.34. The fourth-order valence-electron chi connectivity index (χ4n) is 0.816. The Morgan fingerprint density at radius 3 is 2.90 bits per heavy atom. The van der Waals surface area contributed by atoms with Gasteiger partial charge in [0, 0.05) is 10.1 Å². The second-order valence-corrected chi connectivity index (χ2v) is 3.74. The lowest BCUT2D eigenvalue weighted by Crippen LogP contribution is -1.86. The molecule has 1 heterocycles. The highest BCUT2D eigenvalue weighted by Crippen LogP contribution is 2.28. The molecule has 56 valence electrons. The zero-order valence-corrected chi connectivity index (χ0v) is 7.88. The Labute approximate surface area is 70.9 Å². The Morgan fingerprint density at radius 1 is 1.80 bits per heavy atom. The van der Waals surface area contributed by atoms with E-state index in [2.05, 4.69) is 24.5 Å². The quantitative estimate of drug-likeness (QED) is 0.679. The molecular formula is C7H11NS2. The maximum Gasteiger partial charge on any atom is 0.0797 e. The van der Waals surface area contributed by atoms with Crippen molar-refractivity contribution in [2.24, 2.45) is 0 Å². The molecule has 0 N–H and O–H groups in total. The van der Waals surface area contributed by atoms with E-state index < -0.39 is 0 Å². The van der Waals surface area contributed by atoms with E-state index in [0.29, 0.717) is 5.25 Å². The highest BCUT2D eigenvalue weighted by Gasteiger charge is 2.08. The van der Waals surface area contributed by atoms with Crippen molar-refractivity contribution in [2.75, 3.05) is 0 Å². The second-order valence-electron chi connectivity index (χ2n) is 2.23. The largest absolute Gasteiger partial charge is 0.250 e. The van der Waals surface area contributed by atoms with Crippen LogP contribution in [0.2, 0.25) is 0 Å². The van der Waals surface area contributed by atoms with Crippen molar-refractivity contribution in [1.29, 1.82) is 0 Å². The lowest BCUT2D eigenvalue weighted by atomic mass is 10.2. The molecule has 3 heteroatoms. The van der Waals surface area contributed by atoms with Gasteiger partial charge in [0.1, 0.15) is 0 Å². The van der Waals surface area contributed by atoms with Crippen molar-refractivity contribution in [1.82, 2.24) is 4.98 Å². The van der Waals surface area contributed by atoms with Gasteiger partial charge >= 0.3 is 0 Å². The summed E-state index contributed by atoms with van der Waals surface area (Å²) >= 11 is 6.12. The van der Waals surface area contributed by atoms with Crippen LogP contribution in [0.4, 0.5) is 0 Å². The summed E-state index contributed by atoms with van der Waals surface area (Å²) in [6.45, 7) is 4.17. The monoisotopic (exact) mass is 173 g/mol. The van der Waals surface area contributed by atoms with Crippen molar-refractivity contribution in [3.05, 3.63) is 16.1 Å². The molecule has 0 spiro atoms. The van der Waals surface area contributed by atoms with Crippen LogP contribution < -0.4 is 0 Å². The number of aryl methyl sites for hydroxylation is 1. The van der Waals surface area contributed by atoms with Gasteiger partial charge in [-0.3, -0.25) is 0 Å². The molecule has 1 atom stereocenters. The summed E-state index contributed by atoms with van der Waals surface area (Å²) in [6, 6.07) is 0. The van der Waals surface area contributed by atoms with Gasteiger partial charge in [0.2, 0.25) is 0 Å². The minimum absolute atomic E-state index is 0.382. The third-order valence-electron chi connectivity index (χ3n) is 1.47. The van der Waals surface area contributed by atoms with E-state index in [1.807, 2.05) is 12.4 Å². The van der Waals surface area contributed by atoms with Crippen LogP contribution in [-0.2, 0) is 0 Å². The number of thiazole rings is 1. The molecule has 0 saturated heterocycles. The average molecular weight is 173 g/mol. The third kappa shape index (κ3) is 1.52. The van der Waals surface area contributed by atoms with Crippen LogP contribution in [0.1, 0.15) is 29.2 Å². The summed E-state index contributed by atoms with van der Waals surface area (Å²) in [5, 5.41) is 0.382. The van der Waals surface area contributed by atoms with Crippen molar-refractivity contribution >= 4 is 24.0 Å². The summed E-state index contributed by atoms with van der Waals surface area (Å²) in [4.78, 5) is 5.47. The van der Waals surface area contributed by atoms with Gasteiger partial charge in [0.15, 0.2) is 0 Å². The van der Waals surface area contributed by atoms with Gasteiger partial charge in [-0.2, -0.15) is 12.6 Å². The van der Waals surface area contributed by atoms with Crippen molar-refractivity contribution in [3.63, 3.8) is 0 Å². The van der Waals surface area contributed by atoms with Gasteiger partial charge in [-0.05, 0) is 13.3 Å². The van der Waals surface area contributed by atoms with Gasteiger partial charge < -0.3 is 0 Å². The first-order valence-electron chi connectivity index (χ1n) is 3.33. The number of thiol groups is 1. The summed E-state index contributed by atoms with van der Waals surface area (Å²) in [7, 11) is 0. The zero-order chi connectivity index (χ0) is 7.56. The summed E-state index contributed by atoms with van der Waals surface area (Å²) in [5.74, 6) is 0. The maximum atomic E-state index is 4.43. The Bertz CT molecular complexity index is 207. The van der Waals surface area contributed by atoms with Crippen LogP contribution in [0, 0.1) is 6.92 Å². The number of nitrogens with zero attached hydrogens (tertiary/aromatic N) is 1. The smallest absolute Gasteiger partial charge is 0.0797 e. The van der Waals surface area contributed by atoms with E-state index in [4.69, 9.17) is 0 Å². The lowest BCUT2D eigenvalue weighted by Gasteiger charge is -2.03. The molecular weight excluding hydrogens is 162 g/mol. The van der Waals surface area contributed by atoms with Crippen LogP contribution in [0.5, 0.6) is 0 Å². The van der Waals surface area contributed by atoms with Crippen molar-refractivity contribution in [3.8, 4) is 0 Å². The Kier molecular flexibility index (Phi) is 2.74. The van der Waals surface area contributed by atoms with Crippen LogP contribution in [0.3, 0.4) is 0 Å². The standard InChI is InChI=1S/C7H11NS2/c1-3-6(9)7-5(2)8-4-10-7/h4,6,9H,3H2,1-2H3. The SMILES string of the molecule is CCC(S)c1scnc1C. The molecule has 0 saturated carbocycles. The molecule has 10 heavy (non-hydrogen) atoms. The molecule has 1 unspecified atom stereocenters. The first kappa shape index (κ1) is 8.08. The molecule has 0 aromatic carbocycles. The number of hydrogen-bond donors (Lipinski definition) is 1. The van der Waals surface area contributed by atoms with Gasteiger partial charge in [0.05, 0.1) is 11.2 Å². The molecule has 1 aromatic rings. The van der Waals surface area contributed by atoms with Gasteiger partial charge in [-0.1, -0.05) is 6.92 Å². The molecule has 0 fully saturated rings. The van der Waals surface area contributed by atoms with E-state index in [1.54, 1.807) is 11.3 Å². The molecule has 0 aliphatic heterocycles. The first-order valence-corrected chi connectivity index (χ1v) is 4.73. The molecule has 0 aliphatic carbocycles. The normalized spacial score (nSPS) is 13.5. The zero-order valence-electron chi connectivity index (χ0n) is 6.16. The predicted molar refractivity (Wildman–Crippen MR) is 48.9 cm³/mol. The highest BCUT2D eigenvalue weighted by atomic mass is 32.1. The number of rotatable bonds is 2. The third-order valence-corrected chi connectivity index (χ3v) is 3.31. The molecule has 0 aliphatic rings. The van der Waals surface area contributed by atoms with E-state index in [1.165, 1.54) is 4.88 Å². The molecule has 1 rings (SSSR count). The maximum absolute atomic E-state index is 4.43. The number of aromatic nitrogens is 1. The van der Waals surface area contributed by atoms with E-state index in [0.717, 1.165) is 12.1 Å². The fraction of sp³-hybridized carbons (Fsp3) is 0.571. The van der Waals surface area contributed by atoms with E-state index in [9.17, 15) is 0 Å². The highest BCUT2D eigenvalue weighted by molar-refractivity contribution is 7.80. The Hall–Kier alpha value is -0.0200. The van der Waals surface area contributed by atoms with Gasteiger partial charge in [0.25, 0.3) is 0 Å². The van der Waals surface area contributed by atoms with Crippen LogP contribution in [0.15, 0.2) is 5.51 Å². The van der Waals surface area contributed by atoms with Gasteiger partial charge in [-0.25, -0.2) is 4.98 Å². The first-order chi connectivity index (χ1) is 4.75. The van der Waals surface area contributed by atoms with Crippen molar-refractivity contribution in [2.45, 2.75) is 25.5 Å². The van der Waals surface area contributed by atoms with E-state index >= 15 is 0 Å². The number of hydrogen-bond acceptors (Lipinski definition) is 3. The summed E-state index contributed by atoms with van der Waals surface area (Å²) in [5.41, 5.74) is 3.01. The Balaban J connectivity index is 2.82. The minimum atomic E-state index is 0.382. The summed E-state index contributed by atoms with van der Waals surface area (Å²) < 4.78 is 0. The van der Waals surface area contributed by atoms with Crippen molar-refractivity contribution < 1.29 is 0 Å². The fourth-order valence-corrected chi connectivity index (χ4v) is 2.06. The molecule has 0 amide bonds. The van der Waals surface area contributed by atoms with Crippen LogP contribution >= 0.6 is 24.0 Å². The summed E-state index contributed by atoms with van der Waals surface area (Å²) in [6.07, 6.45) is 1.08. The lowest BCUT2D eigenvalue weighted by molar-refractivity contribution is 0.906. The molecule has 0 radical (unpaired) electrons. The minimum Gasteiger partial charge on any atom is -0.250 e. The van der Waals surface area contributed by atoms with Crippen LogP contribution in [-0.4, -0.2) is 4.98 Å². The molecule has 1 nitrogen and oxygen atoms in total. The molecule has 0 bridgehead atoms. The molecule has 1 aromatic heterocycles. The van der Waals surface area contributed by atoms with Gasteiger partial charge in [-0.15, -0.1) is 11.3 Å². The van der Waals surface area contributed by atoms with E-state index in [-0.39, 0.29) is 0 Å². The predicted octanol–water partition coefficient (Wildman–Crippen LogP) is 2.83. The van der Waals surface area contributed by atoms with Crippen LogP contribution in [0.25, 0.3) is 0 Å². The topological polar surface area (TPSA) is 12.9 Å².